The normalized spacial score (nSPS) is 15.6. The third-order valence-electron chi connectivity index (χ3n) is 5.71. The third-order valence-corrected chi connectivity index (χ3v) is 5.71. The molecule has 1 aliphatic heterocycles. The number of carbonyl (C=O) groups excluding carboxylic acids is 1. The van der Waals surface area contributed by atoms with Gasteiger partial charge in [-0.25, -0.2) is 4.79 Å². The summed E-state index contributed by atoms with van der Waals surface area (Å²) in [6.45, 7) is -0.463. The first-order valence-corrected chi connectivity index (χ1v) is 11.3. The molecule has 2 atom stereocenters. The second kappa shape index (κ2) is 10.8. The fourth-order valence-electron chi connectivity index (χ4n) is 4.06. The monoisotopic (exact) mass is 534 g/mol. The number of terminal acetylenes is 2. The van der Waals surface area contributed by atoms with Crippen LogP contribution < -0.4 is 14.2 Å². The van der Waals surface area contributed by atoms with Gasteiger partial charge in [0, 0.05) is 29.7 Å². The van der Waals surface area contributed by atoms with E-state index in [0.29, 0.717) is 0 Å². The third kappa shape index (κ3) is 5.43. The van der Waals surface area contributed by atoms with Gasteiger partial charge in [-0.15, -0.1) is 12.8 Å². The van der Waals surface area contributed by atoms with Crippen LogP contribution >= 0.6 is 0 Å². The molecule has 3 aromatic rings. The molecule has 200 valence electrons. The molecule has 11 heteroatoms. The molecule has 0 unspecified atom stereocenters. The van der Waals surface area contributed by atoms with Gasteiger partial charge in [0.15, 0.2) is 29.1 Å². The van der Waals surface area contributed by atoms with Gasteiger partial charge < -0.3 is 49.6 Å². The lowest BCUT2D eigenvalue weighted by atomic mass is 9.93. The predicted octanol–water partition coefficient (Wildman–Crippen LogP) is 2.85. The lowest BCUT2D eigenvalue weighted by Crippen LogP contribution is -2.34. The van der Waals surface area contributed by atoms with Crippen molar-refractivity contribution in [1.82, 2.24) is 0 Å². The smallest absolute Gasteiger partial charge is 0.338 e. The number of rotatable bonds is 7. The fraction of sp³-hybridized carbons (Fsp3) is 0.179. The Hall–Kier alpha value is -5.55. The van der Waals surface area contributed by atoms with Crippen LogP contribution in [0.2, 0.25) is 0 Å². The Bertz CT molecular complexity index is 1470. The van der Waals surface area contributed by atoms with Gasteiger partial charge in [0.1, 0.15) is 36.6 Å². The van der Waals surface area contributed by atoms with Crippen molar-refractivity contribution < 1.29 is 54.4 Å². The van der Waals surface area contributed by atoms with Crippen molar-refractivity contribution in [3.8, 4) is 76.4 Å². The molecule has 6 N–H and O–H groups in total. The van der Waals surface area contributed by atoms with E-state index in [2.05, 4.69) is 11.8 Å². The maximum Gasteiger partial charge on any atom is 0.338 e. The first-order chi connectivity index (χ1) is 18.6. The minimum Gasteiger partial charge on any atom is -0.508 e. The van der Waals surface area contributed by atoms with Crippen molar-refractivity contribution in [2.75, 3.05) is 13.2 Å². The van der Waals surface area contributed by atoms with Crippen molar-refractivity contribution in [2.45, 2.75) is 18.6 Å². The summed E-state index contributed by atoms with van der Waals surface area (Å²) in [6.07, 6.45) is 7.83. The Morgan fingerprint density at radius 1 is 0.821 bits per heavy atom. The number of ether oxygens (including phenoxy) is 4. The minimum atomic E-state index is -1.17. The standard InChI is InChI=1S/C28H22O11/c1-3-5-36-26-19(31)7-14(8-20(26)32)25-24(13-17-18(30)11-16(29)12-23(17)38-25)39-28(35)15-9-21(33)27(22(34)10-15)37-6-4-2/h1-2,7-12,24-25,29-34H,5-6,13H2/t24-,25-/m1/s1. The molecular formula is C28H22O11. The second-order valence-corrected chi connectivity index (χ2v) is 8.35. The number of hydrogen-bond acceptors (Lipinski definition) is 11. The average Bonchev–Trinajstić information content (AvgIpc) is 2.87. The van der Waals surface area contributed by atoms with Crippen LogP contribution in [0.4, 0.5) is 0 Å². The maximum atomic E-state index is 13.1. The molecule has 11 nitrogen and oxygen atoms in total. The Morgan fingerprint density at radius 2 is 1.36 bits per heavy atom. The summed E-state index contributed by atoms with van der Waals surface area (Å²) >= 11 is 0. The largest absolute Gasteiger partial charge is 0.508 e. The van der Waals surface area contributed by atoms with Gasteiger partial charge in [-0.1, -0.05) is 11.8 Å². The molecule has 0 aliphatic carbocycles. The van der Waals surface area contributed by atoms with Gasteiger partial charge in [0.05, 0.1) is 5.56 Å². The molecule has 4 rings (SSSR count). The zero-order valence-electron chi connectivity index (χ0n) is 20.1. The number of aromatic hydroxyl groups is 6. The van der Waals surface area contributed by atoms with Crippen molar-refractivity contribution in [1.29, 1.82) is 0 Å². The van der Waals surface area contributed by atoms with Crippen LogP contribution in [0.1, 0.15) is 27.6 Å². The SMILES string of the molecule is C#CCOc1c(O)cc(C(=O)O[C@@H]2Cc3c(O)cc(O)cc3O[C@@H]2c2cc(O)c(OCC#C)c(O)c2)cc1O. The topological polar surface area (TPSA) is 175 Å². The Kier molecular flexibility index (Phi) is 7.36. The number of hydrogen-bond donors (Lipinski definition) is 6. The van der Waals surface area contributed by atoms with Crippen LogP contribution in [-0.4, -0.2) is 55.9 Å². The molecule has 0 saturated heterocycles. The number of benzene rings is 3. The lowest BCUT2D eigenvalue weighted by molar-refractivity contribution is -0.0189. The highest BCUT2D eigenvalue weighted by Crippen LogP contribution is 2.46. The molecule has 0 amide bonds. The van der Waals surface area contributed by atoms with Gasteiger partial charge in [0.2, 0.25) is 11.5 Å². The molecule has 39 heavy (non-hydrogen) atoms. The van der Waals surface area contributed by atoms with Gasteiger partial charge >= 0.3 is 5.97 Å². The van der Waals surface area contributed by atoms with Crippen LogP contribution in [0.3, 0.4) is 0 Å². The summed E-state index contributed by atoms with van der Waals surface area (Å²) in [5.41, 5.74) is 0.113. The van der Waals surface area contributed by atoms with E-state index in [1.807, 2.05) is 0 Å². The van der Waals surface area contributed by atoms with E-state index in [1.165, 1.54) is 18.2 Å². The molecule has 0 spiro atoms. The maximum absolute atomic E-state index is 13.1. The van der Waals surface area contributed by atoms with Crippen LogP contribution in [0.25, 0.3) is 0 Å². The molecule has 0 bridgehead atoms. The molecule has 1 heterocycles. The van der Waals surface area contributed by atoms with Gasteiger partial charge in [0.25, 0.3) is 0 Å². The Morgan fingerprint density at radius 3 is 1.90 bits per heavy atom. The van der Waals surface area contributed by atoms with E-state index < -0.39 is 41.2 Å². The van der Waals surface area contributed by atoms with Crippen LogP contribution in [0.5, 0.6) is 51.7 Å². The summed E-state index contributed by atoms with van der Waals surface area (Å²) in [5, 5.41) is 61.5. The molecular weight excluding hydrogens is 512 g/mol. The summed E-state index contributed by atoms with van der Waals surface area (Å²) in [5.74, 6) is 0.188. The minimum absolute atomic E-state index is 0.0711. The van der Waals surface area contributed by atoms with Gasteiger partial charge in [-0.05, 0) is 24.3 Å². The second-order valence-electron chi connectivity index (χ2n) is 8.35. The van der Waals surface area contributed by atoms with Crippen molar-refractivity contribution in [3.05, 3.63) is 53.1 Å². The molecule has 1 aliphatic rings. The highest BCUT2D eigenvalue weighted by molar-refractivity contribution is 5.91. The quantitative estimate of drug-likeness (QED) is 0.194. The summed E-state index contributed by atoms with van der Waals surface area (Å²) in [7, 11) is 0. The number of fused-ring (bicyclic) bond motifs is 1. The van der Waals surface area contributed by atoms with Crippen molar-refractivity contribution in [2.24, 2.45) is 0 Å². The molecule has 0 aromatic heterocycles. The van der Waals surface area contributed by atoms with Crippen molar-refractivity contribution >= 4 is 5.97 Å². The highest BCUT2D eigenvalue weighted by atomic mass is 16.6. The number of phenols is 6. The van der Waals surface area contributed by atoms with Crippen LogP contribution in [0, 0.1) is 24.7 Å². The molecule has 0 radical (unpaired) electrons. The van der Waals surface area contributed by atoms with E-state index >= 15 is 0 Å². The van der Waals surface area contributed by atoms with Crippen LogP contribution in [0.15, 0.2) is 36.4 Å². The lowest BCUT2D eigenvalue weighted by Gasteiger charge is -2.34. The number of phenolic OH excluding ortho intramolecular Hbond substituents is 6. The van der Waals surface area contributed by atoms with Crippen molar-refractivity contribution in [3.63, 3.8) is 0 Å². The summed E-state index contributed by atoms with van der Waals surface area (Å²) < 4.78 is 21.8. The van der Waals surface area contributed by atoms with E-state index in [9.17, 15) is 35.4 Å². The fourth-order valence-corrected chi connectivity index (χ4v) is 4.06. The molecule has 3 aromatic carbocycles. The van der Waals surface area contributed by atoms with E-state index in [1.54, 1.807) is 0 Å². The Labute approximate surface area is 222 Å². The summed E-state index contributed by atoms with van der Waals surface area (Å²) in [6, 6.07) is 6.76. The predicted molar refractivity (Wildman–Crippen MR) is 134 cm³/mol. The zero-order chi connectivity index (χ0) is 28.3. The van der Waals surface area contributed by atoms with E-state index in [0.717, 1.165) is 18.2 Å². The highest BCUT2D eigenvalue weighted by Gasteiger charge is 2.37. The van der Waals surface area contributed by atoms with Gasteiger partial charge in [-0.3, -0.25) is 0 Å². The first kappa shape index (κ1) is 26.5. The number of esters is 1. The van der Waals surface area contributed by atoms with Gasteiger partial charge in [-0.2, -0.15) is 0 Å². The summed E-state index contributed by atoms with van der Waals surface area (Å²) in [4.78, 5) is 13.1. The van der Waals surface area contributed by atoms with Crippen LogP contribution in [-0.2, 0) is 11.2 Å². The zero-order valence-corrected chi connectivity index (χ0v) is 20.1. The Balaban J connectivity index is 1.70. The van der Waals surface area contributed by atoms with E-state index in [4.69, 9.17) is 31.8 Å². The van der Waals surface area contributed by atoms with E-state index in [-0.39, 0.29) is 65.1 Å². The molecule has 0 fully saturated rings. The average molecular weight is 534 g/mol. The first-order valence-electron chi connectivity index (χ1n) is 11.3. The number of carbonyl (C=O) groups is 1. The molecule has 0 saturated carbocycles.